The highest BCUT2D eigenvalue weighted by atomic mass is 32.2. The molecule has 0 spiro atoms. The molecule has 1 N–H and O–H groups in total. The predicted octanol–water partition coefficient (Wildman–Crippen LogP) is 4.91. The summed E-state index contributed by atoms with van der Waals surface area (Å²) in [5.41, 5.74) is 3.45. The van der Waals surface area contributed by atoms with Crippen LogP contribution in [0.25, 0.3) is 0 Å². The molecule has 1 aliphatic rings. The quantitative estimate of drug-likeness (QED) is 0.607. The number of amides is 1. The van der Waals surface area contributed by atoms with Crippen molar-refractivity contribution in [3.05, 3.63) is 65.0 Å². The Morgan fingerprint density at radius 3 is 2.75 bits per heavy atom. The lowest BCUT2D eigenvalue weighted by molar-refractivity contribution is -0.127. The van der Waals surface area contributed by atoms with Gasteiger partial charge in [0.2, 0.25) is 0 Å². The first kappa shape index (κ1) is 20.7. The SMILES string of the molecule is CC[C@@H](Oc1ccc2c(c1)CCCC2)C(=O)NCCSCc1ccccc1F. The molecule has 28 heavy (non-hydrogen) atoms. The lowest BCUT2D eigenvalue weighted by Gasteiger charge is -2.20. The summed E-state index contributed by atoms with van der Waals surface area (Å²) in [6, 6.07) is 13.0. The van der Waals surface area contributed by atoms with Crippen molar-refractivity contribution in [1.29, 1.82) is 0 Å². The van der Waals surface area contributed by atoms with Gasteiger partial charge in [-0.15, -0.1) is 0 Å². The predicted molar refractivity (Wildman–Crippen MR) is 113 cm³/mol. The molecule has 2 aromatic carbocycles. The number of aryl methyl sites for hydroxylation is 2. The van der Waals surface area contributed by atoms with Crippen LogP contribution < -0.4 is 10.1 Å². The molecule has 0 heterocycles. The van der Waals surface area contributed by atoms with Crippen molar-refractivity contribution in [3.8, 4) is 5.75 Å². The van der Waals surface area contributed by atoms with Gasteiger partial charge in [0.05, 0.1) is 0 Å². The second-order valence-corrected chi connectivity index (χ2v) is 8.19. The number of carbonyl (C=O) groups excluding carboxylic acids is 1. The Balaban J connectivity index is 1.43. The molecule has 2 aromatic rings. The molecule has 0 radical (unpaired) electrons. The van der Waals surface area contributed by atoms with Crippen molar-refractivity contribution >= 4 is 17.7 Å². The zero-order valence-electron chi connectivity index (χ0n) is 16.4. The molecule has 0 saturated heterocycles. The van der Waals surface area contributed by atoms with Gasteiger partial charge in [0.15, 0.2) is 6.10 Å². The number of halogens is 1. The number of carbonyl (C=O) groups is 1. The molecule has 3 rings (SSSR count). The van der Waals surface area contributed by atoms with Gasteiger partial charge < -0.3 is 10.1 Å². The molecule has 0 bridgehead atoms. The van der Waals surface area contributed by atoms with E-state index in [1.807, 2.05) is 19.1 Å². The van der Waals surface area contributed by atoms with Crippen LogP contribution in [0.3, 0.4) is 0 Å². The first-order valence-electron chi connectivity index (χ1n) is 10.0. The van der Waals surface area contributed by atoms with Crippen LogP contribution in [0.4, 0.5) is 4.39 Å². The van der Waals surface area contributed by atoms with Gasteiger partial charge in [-0.2, -0.15) is 11.8 Å². The normalized spacial score (nSPS) is 14.2. The first-order chi connectivity index (χ1) is 13.7. The maximum absolute atomic E-state index is 13.6. The second kappa shape index (κ2) is 10.5. The van der Waals surface area contributed by atoms with E-state index in [1.165, 1.54) is 30.0 Å². The minimum atomic E-state index is -0.488. The number of nitrogens with one attached hydrogen (secondary N) is 1. The highest BCUT2D eigenvalue weighted by Gasteiger charge is 2.19. The molecule has 1 aliphatic carbocycles. The molecule has 150 valence electrons. The second-order valence-electron chi connectivity index (χ2n) is 7.09. The number of rotatable bonds is 9. The Morgan fingerprint density at radius 1 is 1.18 bits per heavy atom. The summed E-state index contributed by atoms with van der Waals surface area (Å²) in [7, 11) is 0. The van der Waals surface area contributed by atoms with Crippen molar-refractivity contribution in [3.63, 3.8) is 0 Å². The number of hydrogen-bond donors (Lipinski definition) is 1. The molecule has 5 heteroatoms. The number of thioether (sulfide) groups is 1. The van der Waals surface area contributed by atoms with Gasteiger partial charge in [0, 0.05) is 18.1 Å². The zero-order chi connectivity index (χ0) is 19.8. The van der Waals surface area contributed by atoms with Crippen LogP contribution in [0.1, 0.15) is 42.9 Å². The maximum Gasteiger partial charge on any atom is 0.261 e. The lowest BCUT2D eigenvalue weighted by atomic mass is 9.92. The molecular formula is C23H28FNO2S. The average Bonchev–Trinajstić information content (AvgIpc) is 2.72. The third-order valence-corrected chi connectivity index (χ3v) is 6.03. The van der Waals surface area contributed by atoms with Crippen LogP contribution in [0.2, 0.25) is 0 Å². The average molecular weight is 402 g/mol. The number of ether oxygens (including phenoxy) is 1. The summed E-state index contributed by atoms with van der Waals surface area (Å²) < 4.78 is 19.6. The molecule has 3 nitrogen and oxygen atoms in total. The number of hydrogen-bond acceptors (Lipinski definition) is 3. The standard InChI is InChI=1S/C23H28FNO2S/c1-2-22(27-20-12-11-17-7-3-4-8-18(17)15-20)23(26)25-13-14-28-16-19-9-5-6-10-21(19)24/h5-6,9-12,15,22H,2-4,7-8,13-14,16H2,1H3,(H,25,26)/t22-/m1/s1. The fourth-order valence-corrected chi connectivity index (χ4v) is 4.27. The summed E-state index contributed by atoms with van der Waals surface area (Å²) in [5.74, 6) is 1.84. The van der Waals surface area contributed by atoms with E-state index < -0.39 is 6.10 Å². The smallest absolute Gasteiger partial charge is 0.261 e. The molecular weight excluding hydrogens is 373 g/mol. The highest BCUT2D eigenvalue weighted by Crippen LogP contribution is 2.26. The van der Waals surface area contributed by atoms with Crippen molar-refractivity contribution in [2.45, 2.75) is 50.9 Å². The Kier molecular flexibility index (Phi) is 7.78. The Morgan fingerprint density at radius 2 is 1.96 bits per heavy atom. The monoisotopic (exact) mass is 401 g/mol. The molecule has 0 aliphatic heterocycles. The zero-order valence-corrected chi connectivity index (χ0v) is 17.2. The molecule has 0 saturated carbocycles. The van der Waals surface area contributed by atoms with Crippen LogP contribution in [-0.4, -0.2) is 24.3 Å². The summed E-state index contributed by atoms with van der Waals surface area (Å²) in [6.07, 6.45) is 4.83. The van der Waals surface area contributed by atoms with Crippen LogP contribution >= 0.6 is 11.8 Å². The summed E-state index contributed by atoms with van der Waals surface area (Å²) in [4.78, 5) is 12.4. The van der Waals surface area contributed by atoms with E-state index in [1.54, 1.807) is 23.9 Å². The van der Waals surface area contributed by atoms with Crippen molar-refractivity contribution in [1.82, 2.24) is 5.32 Å². The van der Waals surface area contributed by atoms with Gasteiger partial charge in [-0.25, -0.2) is 4.39 Å². The van der Waals surface area contributed by atoms with Crippen LogP contribution in [0, 0.1) is 5.82 Å². The van der Waals surface area contributed by atoms with Crippen LogP contribution in [-0.2, 0) is 23.4 Å². The molecule has 0 unspecified atom stereocenters. The van der Waals surface area contributed by atoms with Crippen LogP contribution in [0.5, 0.6) is 5.75 Å². The largest absolute Gasteiger partial charge is 0.481 e. The van der Waals surface area contributed by atoms with E-state index in [0.29, 0.717) is 24.3 Å². The van der Waals surface area contributed by atoms with Gasteiger partial charge in [-0.05, 0) is 67.0 Å². The van der Waals surface area contributed by atoms with Gasteiger partial charge in [0.1, 0.15) is 11.6 Å². The summed E-state index contributed by atoms with van der Waals surface area (Å²) in [6.45, 7) is 2.50. The van der Waals surface area contributed by atoms with E-state index in [0.717, 1.165) is 24.3 Å². The Bertz CT molecular complexity index is 796. The third kappa shape index (κ3) is 5.74. The summed E-state index contributed by atoms with van der Waals surface area (Å²) in [5, 5.41) is 2.94. The van der Waals surface area contributed by atoms with E-state index >= 15 is 0 Å². The van der Waals surface area contributed by atoms with Gasteiger partial charge >= 0.3 is 0 Å². The van der Waals surface area contributed by atoms with E-state index in [9.17, 15) is 9.18 Å². The maximum atomic E-state index is 13.6. The van der Waals surface area contributed by atoms with Crippen molar-refractivity contribution < 1.29 is 13.9 Å². The minimum Gasteiger partial charge on any atom is -0.481 e. The van der Waals surface area contributed by atoms with E-state index in [2.05, 4.69) is 17.4 Å². The van der Waals surface area contributed by atoms with Gasteiger partial charge in [-0.3, -0.25) is 4.79 Å². The fraction of sp³-hybridized carbons (Fsp3) is 0.435. The Hall–Kier alpha value is -2.01. The summed E-state index contributed by atoms with van der Waals surface area (Å²) >= 11 is 1.61. The molecule has 1 atom stereocenters. The molecule has 0 fully saturated rings. The molecule has 0 aromatic heterocycles. The van der Waals surface area contributed by atoms with Gasteiger partial charge in [-0.1, -0.05) is 31.2 Å². The van der Waals surface area contributed by atoms with Crippen molar-refractivity contribution in [2.75, 3.05) is 12.3 Å². The third-order valence-electron chi connectivity index (χ3n) is 5.02. The van der Waals surface area contributed by atoms with E-state index in [-0.39, 0.29) is 11.7 Å². The highest BCUT2D eigenvalue weighted by molar-refractivity contribution is 7.98. The minimum absolute atomic E-state index is 0.0910. The first-order valence-corrected chi connectivity index (χ1v) is 11.2. The lowest BCUT2D eigenvalue weighted by Crippen LogP contribution is -2.39. The molecule has 1 amide bonds. The van der Waals surface area contributed by atoms with E-state index in [4.69, 9.17) is 4.74 Å². The fourth-order valence-electron chi connectivity index (χ4n) is 3.43. The number of benzene rings is 2. The van der Waals surface area contributed by atoms with Gasteiger partial charge in [0.25, 0.3) is 5.91 Å². The van der Waals surface area contributed by atoms with Crippen LogP contribution in [0.15, 0.2) is 42.5 Å². The Labute approximate surface area is 171 Å². The topological polar surface area (TPSA) is 38.3 Å². The van der Waals surface area contributed by atoms with Crippen molar-refractivity contribution in [2.24, 2.45) is 0 Å². The number of fused-ring (bicyclic) bond motifs is 1.